The number of nitrogens with zero attached hydrogens (tertiary/aromatic N) is 1. The van der Waals surface area contributed by atoms with E-state index in [2.05, 4.69) is 36.9 Å². The molecule has 0 bridgehead atoms. The summed E-state index contributed by atoms with van der Waals surface area (Å²) in [5, 5.41) is 26.2. The molecule has 2 saturated heterocycles. The molecule has 2 fully saturated rings. The van der Waals surface area contributed by atoms with Crippen molar-refractivity contribution in [2.24, 2.45) is 11.8 Å². The molecular weight excluding hydrogens is 624 g/mol. The standard InChI is InChI=1S/C32H44N8O8/c1-17(2)27-31(47)39-24(15-35-28(44)18-8-10-33-11-9-18)29(45)36-16-25(41)37-22(13-26(42)43)30(46)38-23(32(48)40(27)3)12-19-14-34-21-7-5-4-6-20(19)21/h4-7,14,17-18,22-24,27,33-34H,8-13,15-16H2,1-3H3,(H,35,44)(H,36,45)(H,37,41)(H,38,46)(H,39,47)(H,42,43)/t22-,23+,24-,27-/m0/s1. The molecule has 2 aliphatic rings. The molecule has 1 aromatic heterocycles. The van der Waals surface area contributed by atoms with E-state index in [9.17, 15) is 38.7 Å². The van der Waals surface area contributed by atoms with Crippen LogP contribution in [0.5, 0.6) is 0 Å². The van der Waals surface area contributed by atoms with Gasteiger partial charge in [0.25, 0.3) is 0 Å². The number of benzene rings is 1. The highest BCUT2D eigenvalue weighted by Gasteiger charge is 2.38. The van der Waals surface area contributed by atoms with Gasteiger partial charge in [0.15, 0.2) is 0 Å². The topological polar surface area (TPSA) is 231 Å². The fourth-order valence-electron chi connectivity index (χ4n) is 6.12. The third-order valence-electron chi connectivity index (χ3n) is 8.66. The zero-order valence-corrected chi connectivity index (χ0v) is 27.3. The van der Waals surface area contributed by atoms with Crippen molar-refractivity contribution in [1.82, 2.24) is 41.8 Å². The second kappa shape index (κ2) is 16.2. The second-order valence-corrected chi connectivity index (χ2v) is 12.5. The van der Waals surface area contributed by atoms with E-state index in [1.54, 1.807) is 20.0 Å². The average Bonchev–Trinajstić information content (AvgIpc) is 3.46. The van der Waals surface area contributed by atoms with Gasteiger partial charge in [0.05, 0.1) is 13.0 Å². The molecule has 0 spiro atoms. The van der Waals surface area contributed by atoms with Gasteiger partial charge in [-0.2, -0.15) is 0 Å². The maximum absolute atomic E-state index is 14.2. The number of hydrogen-bond acceptors (Lipinski definition) is 8. The van der Waals surface area contributed by atoms with Gasteiger partial charge in [-0.15, -0.1) is 0 Å². The number of para-hydroxylation sites is 1. The Balaban J connectivity index is 1.66. The minimum absolute atomic E-state index is 0.0233. The summed E-state index contributed by atoms with van der Waals surface area (Å²) in [5.41, 5.74) is 1.47. The van der Waals surface area contributed by atoms with E-state index in [4.69, 9.17) is 0 Å². The Morgan fingerprint density at radius 1 is 0.938 bits per heavy atom. The molecule has 4 atom stereocenters. The quantitative estimate of drug-likeness (QED) is 0.161. The predicted octanol–water partition coefficient (Wildman–Crippen LogP) is -1.63. The van der Waals surface area contributed by atoms with Gasteiger partial charge in [-0.25, -0.2) is 0 Å². The molecule has 16 heteroatoms. The molecule has 4 rings (SSSR count). The van der Waals surface area contributed by atoms with Gasteiger partial charge in [-0.1, -0.05) is 32.0 Å². The molecule has 8 N–H and O–H groups in total. The number of likely N-dealkylation sites (N-methyl/N-ethyl adjacent to an activating group) is 1. The number of carbonyl (C=O) groups is 7. The number of nitrogens with one attached hydrogen (secondary N) is 7. The summed E-state index contributed by atoms with van der Waals surface area (Å²) in [6, 6.07) is 2.06. The lowest BCUT2D eigenvalue weighted by Gasteiger charge is -2.34. The van der Waals surface area contributed by atoms with E-state index in [1.165, 1.54) is 11.9 Å². The number of piperidine rings is 1. The van der Waals surface area contributed by atoms with Crippen LogP contribution in [0.2, 0.25) is 0 Å². The van der Waals surface area contributed by atoms with Crippen LogP contribution in [0, 0.1) is 11.8 Å². The summed E-state index contributed by atoms with van der Waals surface area (Å²) in [4.78, 5) is 96.4. The highest BCUT2D eigenvalue weighted by Crippen LogP contribution is 2.21. The van der Waals surface area contributed by atoms with Gasteiger partial charge in [0.1, 0.15) is 24.2 Å². The lowest BCUT2D eigenvalue weighted by atomic mass is 9.97. The molecule has 3 heterocycles. The first-order valence-electron chi connectivity index (χ1n) is 16.0. The highest BCUT2D eigenvalue weighted by molar-refractivity contribution is 5.98. The summed E-state index contributed by atoms with van der Waals surface area (Å²) in [6.07, 6.45) is 2.10. The molecule has 0 unspecified atom stereocenters. The SMILES string of the molecule is CC(C)[C@H]1C(=O)N[C@@H](CNC(=O)C2CCNCC2)C(=O)NCC(=O)N[C@@H](CC(=O)O)C(=O)N[C@H](Cc2c[nH]c3ccccc23)C(=O)N1C. The number of hydrogen-bond donors (Lipinski definition) is 8. The first-order valence-corrected chi connectivity index (χ1v) is 16.0. The van der Waals surface area contributed by atoms with Crippen LogP contribution in [0.3, 0.4) is 0 Å². The summed E-state index contributed by atoms with van der Waals surface area (Å²) in [7, 11) is 1.41. The molecule has 0 radical (unpaired) electrons. The Labute approximate surface area is 277 Å². The summed E-state index contributed by atoms with van der Waals surface area (Å²) < 4.78 is 0. The smallest absolute Gasteiger partial charge is 0.305 e. The Bertz CT molecular complexity index is 1530. The van der Waals surface area contributed by atoms with Crippen LogP contribution in [0.25, 0.3) is 10.9 Å². The monoisotopic (exact) mass is 668 g/mol. The Morgan fingerprint density at radius 2 is 1.62 bits per heavy atom. The number of fused-ring (bicyclic) bond motifs is 1. The lowest BCUT2D eigenvalue weighted by molar-refractivity contribution is -0.144. The second-order valence-electron chi connectivity index (χ2n) is 12.5. The fourth-order valence-corrected chi connectivity index (χ4v) is 6.12. The minimum atomic E-state index is -1.58. The van der Waals surface area contributed by atoms with E-state index >= 15 is 0 Å². The van der Waals surface area contributed by atoms with Crippen molar-refractivity contribution in [1.29, 1.82) is 0 Å². The van der Waals surface area contributed by atoms with Gasteiger partial charge in [-0.3, -0.25) is 33.6 Å². The van der Waals surface area contributed by atoms with Gasteiger partial charge >= 0.3 is 5.97 Å². The molecule has 16 nitrogen and oxygen atoms in total. The Hall–Kier alpha value is -4.99. The molecule has 6 amide bonds. The first-order chi connectivity index (χ1) is 22.8. The van der Waals surface area contributed by atoms with Gasteiger partial charge in [0.2, 0.25) is 35.4 Å². The van der Waals surface area contributed by atoms with Crippen molar-refractivity contribution in [3.8, 4) is 0 Å². The molecule has 260 valence electrons. The number of H-pyrrole nitrogens is 1. The normalized spacial score (nSPS) is 23.8. The third-order valence-corrected chi connectivity index (χ3v) is 8.66. The van der Waals surface area contributed by atoms with Crippen molar-refractivity contribution < 1.29 is 38.7 Å². The first kappa shape index (κ1) is 35.9. The lowest BCUT2D eigenvalue weighted by Crippen LogP contribution is -2.61. The van der Waals surface area contributed by atoms with Crippen molar-refractivity contribution >= 4 is 52.3 Å². The number of carboxylic acid groups (broad SMARTS) is 1. The number of amides is 6. The van der Waals surface area contributed by atoms with Crippen molar-refractivity contribution in [3.05, 3.63) is 36.0 Å². The zero-order valence-electron chi connectivity index (χ0n) is 27.3. The number of rotatable bonds is 8. The number of aromatic amines is 1. The number of carbonyl (C=O) groups excluding carboxylic acids is 6. The maximum atomic E-state index is 14.2. The number of aliphatic carboxylic acids is 1. The van der Waals surface area contributed by atoms with Crippen LogP contribution >= 0.6 is 0 Å². The molecule has 2 aliphatic heterocycles. The van der Waals surface area contributed by atoms with Gasteiger partial charge in [-0.05, 0) is 43.5 Å². The zero-order chi connectivity index (χ0) is 35.0. The summed E-state index contributed by atoms with van der Waals surface area (Å²) in [6.45, 7) is 3.85. The van der Waals surface area contributed by atoms with Gasteiger partial charge < -0.3 is 46.9 Å². The molecule has 0 saturated carbocycles. The van der Waals surface area contributed by atoms with Crippen molar-refractivity contribution in [2.75, 3.05) is 33.2 Å². The fraction of sp³-hybridized carbons (Fsp3) is 0.531. The van der Waals surface area contributed by atoms with Crippen LogP contribution in [0.1, 0.15) is 38.7 Å². The van der Waals surface area contributed by atoms with Crippen LogP contribution in [0.4, 0.5) is 0 Å². The van der Waals surface area contributed by atoms with Crippen LogP contribution in [0.15, 0.2) is 30.5 Å². The maximum Gasteiger partial charge on any atom is 0.305 e. The van der Waals surface area contributed by atoms with E-state index in [0.717, 1.165) is 10.9 Å². The molecular formula is C32H44N8O8. The number of aromatic nitrogens is 1. The molecule has 48 heavy (non-hydrogen) atoms. The summed E-state index contributed by atoms with van der Waals surface area (Å²) >= 11 is 0. The van der Waals surface area contributed by atoms with E-state index < -0.39 is 78.6 Å². The summed E-state index contributed by atoms with van der Waals surface area (Å²) in [5.74, 6) is -6.33. The molecule has 0 aliphatic carbocycles. The number of carboxylic acids is 1. The van der Waals surface area contributed by atoms with Crippen LogP contribution < -0.4 is 31.9 Å². The highest BCUT2D eigenvalue weighted by atomic mass is 16.4. The van der Waals surface area contributed by atoms with Crippen LogP contribution in [-0.2, 0) is 40.0 Å². The Kier molecular flexibility index (Phi) is 12.1. The minimum Gasteiger partial charge on any atom is -0.481 e. The third kappa shape index (κ3) is 9.08. The average molecular weight is 669 g/mol. The van der Waals surface area contributed by atoms with Crippen molar-refractivity contribution in [2.45, 2.75) is 63.7 Å². The van der Waals surface area contributed by atoms with E-state index in [1.807, 2.05) is 24.3 Å². The largest absolute Gasteiger partial charge is 0.481 e. The van der Waals surface area contributed by atoms with E-state index in [-0.39, 0.29) is 24.8 Å². The molecule has 2 aromatic rings. The predicted molar refractivity (Wildman–Crippen MR) is 173 cm³/mol. The van der Waals surface area contributed by atoms with Gasteiger partial charge in [0, 0.05) is 43.0 Å². The van der Waals surface area contributed by atoms with Crippen LogP contribution in [-0.4, -0.2) is 114 Å². The van der Waals surface area contributed by atoms with E-state index in [0.29, 0.717) is 31.5 Å². The van der Waals surface area contributed by atoms with Crippen molar-refractivity contribution in [3.63, 3.8) is 0 Å². The Morgan fingerprint density at radius 3 is 2.31 bits per heavy atom. The molecule has 1 aromatic carbocycles.